The fourth-order valence-electron chi connectivity index (χ4n) is 3.34. The van der Waals surface area contributed by atoms with Crippen LogP contribution in [0.25, 0.3) is 0 Å². The lowest BCUT2D eigenvalue weighted by molar-refractivity contribution is -0.121. The molecule has 2 fully saturated rings. The van der Waals surface area contributed by atoms with Gasteiger partial charge in [-0.05, 0) is 31.0 Å². The van der Waals surface area contributed by atoms with Gasteiger partial charge in [-0.1, -0.05) is 19.4 Å². The molecule has 0 aliphatic carbocycles. The Kier molecular flexibility index (Phi) is 5.91. The van der Waals surface area contributed by atoms with Gasteiger partial charge in [-0.25, -0.2) is 4.39 Å². The number of unbranched alkanes of at least 4 members (excludes halogenated alkanes) is 1. The van der Waals surface area contributed by atoms with Gasteiger partial charge in [-0.15, -0.1) is 0 Å². The maximum Gasteiger partial charge on any atom is 0.224 e. The molecule has 2 aliphatic heterocycles. The summed E-state index contributed by atoms with van der Waals surface area (Å²) in [5.41, 5.74) is 2.32. The van der Waals surface area contributed by atoms with Gasteiger partial charge in [0, 0.05) is 44.0 Å². The zero-order valence-corrected chi connectivity index (χ0v) is 14.8. The highest BCUT2D eigenvalue weighted by Gasteiger charge is 2.23. The Labute approximate surface area is 148 Å². The van der Waals surface area contributed by atoms with Crippen LogP contribution in [0.2, 0.25) is 0 Å². The second kappa shape index (κ2) is 8.34. The highest BCUT2D eigenvalue weighted by molar-refractivity contribution is 5.79. The topological polar surface area (TPSA) is 56.4 Å². The summed E-state index contributed by atoms with van der Waals surface area (Å²) in [6, 6.07) is 5.35. The Morgan fingerprint density at radius 1 is 1.36 bits per heavy atom. The molecule has 0 radical (unpaired) electrons. The molecule has 0 bridgehead atoms. The molecule has 1 unspecified atom stereocenters. The highest BCUT2D eigenvalue weighted by atomic mass is 19.1. The van der Waals surface area contributed by atoms with Crippen molar-refractivity contribution in [2.24, 2.45) is 0 Å². The molecule has 25 heavy (non-hydrogen) atoms. The van der Waals surface area contributed by atoms with E-state index in [2.05, 4.69) is 33.9 Å². The second-order valence-corrected chi connectivity index (χ2v) is 6.64. The van der Waals surface area contributed by atoms with E-state index in [1.807, 2.05) is 12.1 Å². The lowest BCUT2D eigenvalue weighted by atomic mass is 10.0. The molecule has 1 aromatic carbocycles. The van der Waals surface area contributed by atoms with Gasteiger partial charge < -0.3 is 20.9 Å². The van der Waals surface area contributed by atoms with E-state index in [1.54, 1.807) is 6.07 Å². The molecular formula is C19H27FN4O. The predicted molar refractivity (Wildman–Crippen MR) is 99.3 cm³/mol. The number of amides is 1. The van der Waals surface area contributed by atoms with Crippen LogP contribution in [0.5, 0.6) is 0 Å². The summed E-state index contributed by atoms with van der Waals surface area (Å²) in [5, 5.41) is 9.60. The Bertz CT molecular complexity index is 640. The number of rotatable bonds is 5. The number of hydrogen-bond donors (Lipinski definition) is 3. The van der Waals surface area contributed by atoms with E-state index in [1.165, 1.54) is 0 Å². The lowest BCUT2D eigenvalue weighted by Crippen LogP contribution is -2.43. The first-order valence-electron chi connectivity index (χ1n) is 9.19. The number of allylic oxidation sites excluding steroid dienone is 1. The number of nitrogens with one attached hydrogen (secondary N) is 3. The summed E-state index contributed by atoms with van der Waals surface area (Å²) >= 11 is 0. The average molecular weight is 346 g/mol. The fourth-order valence-corrected chi connectivity index (χ4v) is 3.34. The van der Waals surface area contributed by atoms with Crippen LogP contribution >= 0.6 is 0 Å². The number of piperidine rings is 1. The van der Waals surface area contributed by atoms with Gasteiger partial charge in [0.25, 0.3) is 0 Å². The second-order valence-electron chi connectivity index (χ2n) is 6.64. The minimum atomic E-state index is -0.203. The SMILES string of the molecule is CCC/C=C1\NC(=O)CCC1Nc1ccc(N2CCNCC2)c(F)c1. The van der Waals surface area contributed by atoms with Crippen LogP contribution in [0, 0.1) is 5.82 Å². The molecule has 2 heterocycles. The zero-order valence-electron chi connectivity index (χ0n) is 14.8. The first-order valence-corrected chi connectivity index (χ1v) is 9.19. The van der Waals surface area contributed by atoms with Crippen molar-refractivity contribution < 1.29 is 9.18 Å². The van der Waals surface area contributed by atoms with Crippen LogP contribution in [-0.2, 0) is 4.79 Å². The maximum atomic E-state index is 14.6. The molecule has 1 aromatic rings. The van der Waals surface area contributed by atoms with Crippen LogP contribution < -0.4 is 20.9 Å². The van der Waals surface area contributed by atoms with Crippen LogP contribution in [-0.4, -0.2) is 38.1 Å². The highest BCUT2D eigenvalue weighted by Crippen LogP contribution is 2.26. The molecule has 2 saturated heterocycles. The number of carbonyl (C=O) groups is 1. The Hall–Kier alpha value is -2.08. The van der Waals surface area contributed by atoms with Gasteiger partial charge >= 0.3 is 0 Å². The van der Waals surface area contributed by atoms with Crippen molar-refractivity contribution >= 4 is 17.3 Å². The molecule has 0 saturated carbocycles. The summed E-state index contributed by atoms with van der Waals surface area (Å²) in [7, 11) is 0. The standard InChI is InChI=1S/C19H27FN4O/c1-2-3-4-16-17(6-8-19(25)23-16)22-14-5-7-18(15(20)13-14)24-11-9-21-10-12-24/h4-5,7,13,17,21-22H,2-3,6,8-12H2,1H3,(H,23,25)/b16-4-. The Balaban J connectivity index is 1.71. The normalized spacial score (nSPS) is 22.8. The van der Waals surface area contributed by atoms with E-state index in [9.17, 15) is 9.18 Å². The molecule has 6 heteroatoms. The number of hydrogen-bond acceptors (Lipinski definition) is 4. The van der Waals surface area contributed by atoms with E-state index in [-0.39, 0.29) is 17.8 Å². The first kappa shape index (κ1) is 17.7. The molecular weight excluding hydrogens is 319 g/mol. The molecule has 136 valence electrons. The lowest BCUT2D eigenvalue weighted by Gasteiger charge is -2.30. The summed E-state index contributed by atoms with van der Waals surface area (Å²) in [5.74, 6) is -0.147. The third kappa shape index (κ3) is 4.51. The Morgan fingerprint density at radius 3 is 2.88 bits per heavy atom. The third-order valence-corrected chi connectivity index (χ3v) is 4.72. The van der Waals surface area contributed by atoms with E-state index in [0.717, 1.165) is 56.8 Å². The Morgan fingerprint density at radius 2 is 2.16 bits per heavy atom. The molecule has 2 aliphatic rings. The van der Waals surface area contributed by atoms with Gasteiger partial charge in [0.2, 0.25) is 5.91 Å². The van der Waals surface area contributed by atoms with Crippen molar-refractivity contribution in [3.05, 3.63) is 35.8 Å². The molecule has 1 amide bonds. The zero-order chi connectivity index (χ0) is 17.6. The monoisotopic (exact) mass is 346 g/mol. The largest absolute Gasteiger partial charge is 0.377 e. The van der Waals surface area contributed by atoms with Gasteiger partial charge in [0.05, 0.1) is 11.7 Å². The molecule has 5 nitrogen and oxygen atoms in total. The number of anilines is 2. The van der Waals surface area contributed by atoms with Crippen molar-refractivity contribution in [1.29, 1.82) is 0 Å². The maximum absolute atomic E-state index is 14.6. The van der Waals surface area contributed by atoms with Crippen LogP contribution in [0.1, 0.15) is 32.6 Å². The minimum Gasteiger partial charge on any atom is -0.377 e. The fraction of sp³-hybridized carbons (Fsp3) is 0.526. The number of nitrogens with zero attached hydrogens (tertiary/aromatic N) is 1. The number of benzene rings is 1. The van der Waals surface area contributed by atoms with E-state index >= 15 is 0 Å². The molecule has 0 aromatic heterocycles. The summed E-state index contributed by atoms with van der Waals surface area (Å²) < 4.78 is 14.6. The third-order valence-electron chi connectivity index (χ3n) is 4.72. The number of halogens is 1. The molecule has 3 N–H and O–H groups in total. The van der Waals surface area contributed by atoms with Crippen molar-refractivity contribution in [3.8, 4) is 0 Å². The minimum absolute atomic E-state index is 0.0219. The van der Waals surface area contributed by atoms with Crippen molar-refractivity contribution in [1.82, 2.24) is 10.6 Å². The first-order chi connectivity index (χ1) is 12.2. The number of piperazine rings is 1. The van der Waals surface area contributed by atoms with Crippen LogP contribution in [0.3, 0.4) is 0 Å². The van der Waals surface area contributed by atoms with Crippen molar-refractivity contribution in [2.75, 3.05) is 36.4 Å². The van der Waals surface area contributed by atoms with Gasteiger partial charge in [0.1, 0.15) is 5.82 Å². The van der Waals surface area contributed by atoms with Gasteiger partial charge in [-0.2, -0.15) is 0 Å². The van der Waals surface area contributed by atoms with Crippen molar-refractivity contribution in [2.45, 2.75) is 38.6 Å². The average Bonchev–Trinajstić information content (AvgIpc) is 2.63. The quantitative estimate of drug-likeness (QED) is 0.767. The number of carbonyl (C=O) groups excluding carboxylic acids is 1. The van der Waals surface area contributed by atoms with Gasteiger partial charge in [-0.3, -0.25) is 4.79 Å². The van der Waals surface area contributed by atoms with E-state index < -0.39 is 0 Å². The molecule has 0 spiro atoms. The summed E-state index contributed by atoms with van der Waals surface area (Å²) in [6.07, 6.45) is 5.23. The van der Waals surface area contributed by atoms with Crippen LogP contribution in [0.4, 0.5) is 15.8 Å². The predicted octanol–water partition coefficient (Wildman–Crippen LogP) is 2.61. The summed E-state index contributed by atoms with van der Waals surface area (Å²) in [4.78, 5) is 13.7. The molecule has 1 atom stereocenters. The smallest absolute Gasteiger partial charge is 0.224 e. The van der Waals surface area contributed by atoms with E-state index in [4.69, 9.17) is 0 Å². The van der Waals surface area contributed by atoms with Gasteiger partial charge in [0.15, 0.2) is 0 Å². The van der Waals surface area contributed by atoms with Crippen LogP contribution in [0.15, 0.2) is 30.0 Å². The van der Waals surface area contributed by atoms with Crippen molar-refractivity contribution in [3.63, 3.8) is 0 Å². The molecule has 3 rings (SSSR count). The summed E-state index contributed by atoms with van der Waals surface area (Å²) in [6.45, 7) is 5.51. The van der Waals surface area contributed by atoms with E-state index in [0.29, 0.717) is 12.1 Å².